The standard InChI is InChI=1S/C8H7NO2S/c1-3-11-8(10)6-4-5-12-7(6)9-2/h4-5H,3H2,1H3. The molecule has 1 aromatic rings. The molecule has 0 aliphatic rings. The van der Waals surface area contributed by atoms with Crippen LogP contribution in [0.25, 0.3) is 4.85 Å². The van der Waals surface area contributed by atoms with E-state index in [9.17, 15) is 4.79 Å². The first-order valence-electron chi connectivity index (χ1n) is 3.41. The van der Waals surface area contributed by atoms with E-state index in [0.717, 1.165) is 0 Å². The van der Waals surface area contributed by atoms with Gasteiger partial charge in [0, 0.05) is 0 Å². The SMILES string of the molecule is [C-]#[N+]c1sccc1C(=O)OCC. The molecule has 0 atom stereocenters. The minimum absolute atomic E-state index is 0.339. The predicted octanol–water partition coefficient (Wildman–Crippen LogP) is 2.48. The summed E-state index contributed by atoms with van der Waals surface area (Å²) in [5, 5.41) is 2.10. The molecule has 0 N–H and O–H groups in total. The molecule has 0 saturated heterocycles. The number of esters is 1. The molecule has 0 fully saturated rings. The van der Waals surface area contributed by atoms with E-state index < -0.39 is 5.97 Å². The van der Waals surface area contributed by atoms with Crippen LogP contribution < -0.4 is 0 Å². The zero-order valence-electron chi connectivity index (χ0n) is 6.53. The van der Waals surface area contributed by atoms with E-state index in [-0.39, 0.29) is 0 Å². The molecule has 0 bridgehead atoms. The molecule has 3 nitrogen and oxygen atoms in total. The average Bonchev–Trinajstić information content (AvgIpc) is 2.51. The van der Waals surface area contributed by atoms with Crippen LogP contribution in [0.5, 0.6) is 0 Å². The maximum Gasteiger partial charge on any atom is 0.328 e. The quantitative estimate of drug-likeness (QED) is 0.518. The molecule has 0 spiro atoms. The number of ether oxygens (including phenoxy) is 1. The maximum atomic E-state index is 11.1. The summed E-state index contributed by atoms with van der Waals surface area (Å²) in [6.45, 7) is 8.83. The molecule has 0 amide bonds. The topological polar surface area (TPSA) is 30.7 Å². The number of thiophene rings is 1. The van der Waals surface area contributed by atoms with Crippen molar-refractivity contribution in [1.82, 2.24) is 0 Å². The third-order valence-electron chi connectivity index (χ3n) is 1.24. The van der Waals surface area contributed by atoms with Gasteiger partial charge in [-0.3, -0.25) is 0 Å². The molecule has 62 valence electrons. The highest BCUT2D eigenvalue weighted by molar-refractivity contribution is 7.14. The minimum Gasteiger partial charge on any atom is -0.463 e. The third-order valence-corrected chi connectivity index (χ3v) is 2.05. The molecule has 1 rings (SSSR count). The van der Waals surface area contributed by atoms with Gasteiger partial charge < -0.3 is 4.74 Å². The van der Waals surface area contributed by atoms with Gasteiger partial charge in [-0.2, -0.15) is 11.3 Å². The number of carbonyl (C=O) groups excluding carboxylic acids is 1. The van der Waals surface area contributed by atoms with Crippen LogP contribution in [0, 0.1) is 6.57 Å². The molecule has 12 heavy (non-hydrogen) atoms. The Morgan fingerprint density at radius 2 is 2.58 bits per heavy atom. The normalized spacial score (nSPS) is 9.00. The van der Waals surface area contributed by atoms with Gasteiger partial charge in [-0.15, -0.1) is 0 Å². The Kier molecular flexibility index (Phi) is 2.83. The van der Waals surface area contributed by atoms with Crippen LogP contribution in [0.4, 0.5) is 5.00 Å². The first kappa shape index (κ1) is 8.75. The fourth-order valence-corrected chi connectivity index (χ4v) is 1.42. The van der Waals surface area contributed by atoms with Crippen molar-refractivity contribution in [1.29, 1.82) is 0 Å². The Morgan fingerprint density at radius 1 is 1.83 bits per heavy atom. The van der Waals surface area contributed by atoms with Gasteiger partial charge in [-0.25, -0.2) is 9.64 Å². The Balaban J connectivity index is 2.88. The van der Waals surface area contributed by atoms with Crippen molar-refractivity contribution in [2.75, 3.05) is 6.61 Å². The highest BCUT2D eigenvalue weighted by Crippen LogP contribution is 2.26. The zero-order valence-corrected chi connectivity index (χ0v) is 7.35. The highest BCUT2D eigenvalue weighted by Gasteiger charge is 2.12. The fraction of sp³-hybridized carbons (Fsp3) is 0.250. The van der Waals surface area contributed by atoms with E-state index in [4.69, 9.17) is 11.3 Å². The van der Waals surface area contributed by atoms with Crippen LogP contribution in [0.2, 0.25) is 0 Å². The van der Waals surface area contributed by atoms with Crippen LogP contribution in [-0.2, 0) is 4.74 Å². The summed E-state index contributed by atoms with van der Waals surface area (Å²) in [5.74, 6) is -0.412. The van der Waals surface area contributed by atoms with Gasteiger partial charge in [-0.05, 0) is 18.4 Å². The second-order valence-electron chi connectivity index (χ2n) is 1.97. The second kappa shape index (κ2) is 3.88. The van der Waals surface area contributed by atoms with E-state index >= 15 is 0 Å². The van der Waals surface area contributed by atoms with Crippen LogP contribution in [0.1, 0.15) is 17.3 Å². The largest absolute Gasteiger partial charge is 0.463 e. The Bertz CT molecular complexity index is 324. The summed E-state index contributed by atoms with van der Waals surface area (Å²) in [4.78, 5) is 14.3. The molecule has 0 unspecified atom stereocenters. The van der Waals surface area contributed by atoms with Gasteiger partial charge in [0.1, 0.15) is 0 Å². The number of nitrogens with zero attached hydrogens (tertiary/aromatic N) is 1. The Hall–Kier alpha value is -1.34. The van der Waals surface area contributed by atoms with Gasteiger partial charge in [0.2, 0.25) is 0 Å². The smallest absolute Gasteiger partial charge is 0.328 e. The van der Waals surface area contributed by atoms with Gasteiger partial charge in [-0.1, -0.05) is 0 Å². The lowest BCUT2D eigenvalue weighted by Crippen LogP contribution is -2.02. The van der Waals surface area contributed by atoms with Gasteiger partial charge in [0.15, 0.2) is 0 Å². The summed E-state index contributed by atoms with van der Waals surface area (Å²) in [7, 11) is 0. The van der Waals surface area contributed by atoms with Gasteiger partial charge in [0.25, 0.3) is 5.00 Å². The fourth-order valence-electron chi connectivity index (χ4n) is 0.752. The number of rotatable bonds is 2. The lowest BCUT2D eigenvalue weighted by Gasteiger charge is -1.98. The summed E-state index contributed by atoms with van der Waals surface area (Å²) in [6.07, 6.45) is 0. The molecular formula is C8H7NO2S. The average molecular weight is 181 g/mol. The van der Waals surface area contributed by atoms with Crippen LogP contribution in [0.3, 0.4) is 0 Å². The minimum atomic E-state index is -0.412. The monoisotopic (exact) mass is 181 g/mol. The van der Waals surface area contributed by atoms with E-state index in [1.165, 1.54) is 11.3 Å². The summed E-state index contributed by atoms with van der Waals surface area (Å²) < 4.78 is 4.75. The van der Waals surface area contributed by atoms with E-state index in [1.807, 2.05) is 0 Å². The number of hydrogen-bond donors (Lipinski definition) is 0. The van der Waals surface area contributed by atoms with E-state index in [2.05, 4.69) is 4.85 Å². The highest BCUT2D eigenvalue weighted by atomic mass is 32.1. The summed E-state index contributed by atoms with van der Waals surface area (Å²) in [6, 6.07) is 1.61. The molecule has 0 aliphatic carbocycles. The molecule has 1 heterocycles. The lowest BCUT2D eigenvalue weighted by molar-refractivity contribution is 0.0528. The van der Waals surface area contributed by atoms with Crippen LogP contribution >= 0.6 is 11.3 Å². The first-order chi connectivity index (χ1) is 5.79. The summed E-state index contributed by atoms with van der Waals surface area (Å²) >= 11 is 1.25. The molecule has 0 aliphatic heterocycles. The Labute approximate surface area is 74.4 Å². The van der Waals surface area contributed by atoms with Crippen LogP contribution in [0.15, 0.2) is 11.4 Å². The van der Waals surface area contributed by atoms with Crippen molar-refractivity contribution >= 4 is 22.3 Å². The van der Waals surface area contributed by atoms with Crippen LogP contribution in [-0.4, -0.2) is 12.6 Å². The summed E-state index contributed by atoms with van der Waals surface area (Å²) in [5.41, 5.74) is 0.372. The lowest BCUT2D eigenvalue weighted by atomic mass is 10.3. The van der Waals surface area contributed by atoms with E-state index in [1.54, 1.807) is 18.4 Å². The molecule has 1 aromatic heterocycles. The number of carbonyl (C=O) groups is 1. The predicted molar refractivity (Wildman–Crippen MR) is 46.5 cm³/mol. The van der Waals surface area contributed by atoms with E-state index in [0.29, 0.717) is 17.2 Å². The first-order valence-corrected chi connectivity index (χ1v) is 4.29. The molecule has 0 saturated carbocycles. The number of hydrogen-bond acceptors (Lipinski definition) is 3. The zero-order chi connectivity index (χ0) is 8.97. The Morgan fingerprint density at radius 3 is 3.17 bits per heavy atom. The van der Waals surface area contributed by atoms with Crippen molar-refractivity contribution in [3.8, 4) is 0 Å². The van der Waals surface area contributed by atoms with Crippen molar-refractivity contribution in [2.24, 2.45) is 0 Å². The van der Waals surface area contributed by atoms with Crippen molar-refractivity contribution in [3.63, 3.8) is 0 Å². The van der Waals surface area contributed by atoms with Crippen molar-refractivity contribution < 1.29 is 9.53 Å². The third kappa shape index (κ3) is 1.63. The molecule has 0 aromatic carbocycles. The van der Waals surface area contributed by atoms with Crippen molar-refractivity contribution in [2.45, 2.75) is 6.92 Å². The molecule has 4 heteroatoms. The molecular weight excluding hydrogens is 174 g/mol. The maximum absolute atomic E-state index is 11.1. The molecule has 0 radical (unpaired) electrons. The second-order valence-corrected chi connectivity index (χ2v) is 2.87. The van der Waals surface area contributed by atoms with Gasteiger partial charge in [0.05, 0.1) is 18.7 Å². The van der Waals surface area contributed by atoms with Crippen molar-refractivity contribution in [3.05, 3.63) is 28.4 Å². The van der Waals surface area contributed by atoms with Gasteiger partial charge >= 0.3 is 5.97 Å².